The van der Waals surface area contributed by atoms with Crippen LogP contribution in [0.2, 0.25) is 0 Å². The fourth-order valence-corrected chi connectivity index (χ4v) is 12.2. The van der Waals surface area contributed by atoms with Gasteiger partial charge in [0.1, 0.15) is 195 Å². The molecule has 22 aliphatic heterocycles. The van der Waals surface area contributed by atoms with Gasteiger partial charge in [0.05, 0.1) is 46.2 Å². The van der Waals surface area contributed by atoms with Crippen LogP contribution in [0.25, 0.3) is 0 Å². The summed E-state index contributed by atoms with van der Waals surface area (Å²) in [5.74, 6) is 0. The van der Waals surface area contributed by atoms with E-state index in [0.29, 0.717) is 0 Å². The van der Waals surface area contributed by atoms with Crippen LogP contribution >= 0.6 is 12.2 Å². The van der Waals surface area contributed by atoms with Crippen LogP contribution < -0.4 is 10.6 Å². The van der Waals surface area contributed by atoms with E-state index in [0.717, 1.165) is 0 Å². The van der Waals surface area contributed by atoms with Crippen molar-refractivity contribution >= 4 is 17.3 Å². The number of hydrogen-bond acceptors (Lipinski definition) is 40. The van der Waals surface area contributed by atoms with Crippen molar-refractivity contribution in [2.45, 2.75) is 246 Å². The molecule has 0 amide bonds. The van der Waals surface area contributed by atoms with Crippen molar-refractivity contribution < 1.29 is 194 Å². The molecule has 14 bridgehead atoms. The van der Waals surface area contributed by atoms with Crippen LogP contribution in [0.4, 0.5) is 0 Å². The lowest BCUT2D eigenvalue weighted by atomic mass is 9.95. The van der Waals surface area contributed by atoms with Crippen molar-refractivity contribution in [1.82, 2.24) is 10.6 Å². The molecule has 26 N–H and O–H groups in total. The Hall–Kier alpha value is -1.87. The Labute approximate surface area is 518 Å². The van der Waals surface area contributed by atoms with E-state index < -0.39 is 303 Å². The van der Waals surface area contributed by atoms with Crippen LogP contribution in [0.5, 0.6) is 0 Å². The van der Waals surface area contributed by atoms with E-state index in [-0.39, 0.29) is 0 Å². The number of ether oxygens (including phenoxy) is 15. The van der Waals surface area contributed by atoms with E-state index in [9.17, 15) is 123 Å². The molecule has 22 aliphatic rings. The smallest absolute Gasteiger partial charge is 0.187 e. The van der Waals surface area contributed by atoms with Crippen LogP contribution in [-0.2, 0) is 71.1 Å². The Morgan fingerprint density at radius 2 is 0.440 bits per heavy atom. The minimum absolute atomic E-state index is 0.445. The molecule has 22 fully saturated rings. The molecule has 40 atom stereocenters. The van der Waals surface area contributed by atoms with Gasteiger partial charge in [0.25, 0.3) is 0 Å². The second-order valence-electron chi connectivity index (χ2n) is 23.1. The second kappa shape index (κ2) is 31.3. The van der Waals surface area contributed by atoms with E-state index in [1.165, 1.54) is 0 Å². The molecular weight excluding hydrogens is 1270 g/mol. The van der Waals surface area contributed by atoms with Crippen molar-refractivity contribution in [1.29, 1.82) is 0 Å². The third-order valence-electron chi connectivity index (χ3n) is 17.2. The first-order valence-corrected chi connectivity index (χ1v) is 29.4. The average Bonchev–Trinajstić information content (AvgIpc) is 0.859. The Bertz CT molecular complexity index is 2270. The Morgan fingerprint density at radius 3 is 0.659 bits per heavy atom. The zero-order chi connectivity index (χ0) is 66.3. The monoisotopic (exact) mass is 1350 g/mol. The van der Waals surface area contributed by atoms with Gasteiger partial charge in [-0.2, -0.15) is 0 Å². The van der Waals surface area contributed by atoms with Crippen LogP contribution in [0, 0.1) is 0 Å². The molecule has 0 aromatic heterocycles. The first-order valence-electron chi connectivity index (χ1n) is 29.0. The lowest BCUT2D eigenvalue weighted by Crippen LogP contribution is -2.69. The average molecular weight is 1360 g/mol. The number of aliphatic hydroxyl groups excluding tert-OH is 24. The topological polar surface area (TPSA) is 648 Å². The van der Waals surface area contributed by atoms with Crippen molar-refractivity contribution in [3.8, 4) is 0 Å². The van der Waals surface area contributed by atoms with E-state index in [4.69, 9.17) is 83.3 Å². The molecule has 22 rings (SSSR count). The minimum atomic E-state index is -2.32. The predicted molar refractivity (Wildman–Crippen MR) is 279 cm³/mol. The molecule has 0 radical (unpaired) electrons. The highest BCUT2D eigenvalue weighted by molar-refractivity contribution is 7.80. The quantitative estimate of drug-likeness (QED) is 0.0903. The molecule has 0 saturated carbocycles. The molecular formula is C49H82N2O39S. The van der Waals surface area contributed by atoms with Gasteiger partial charge in [0, 0.05) is 6.54 Å². The third-order valence-corrected chi connectivity index (χ3v) is 17.5. The summed E-state index contributed by atoms with van der Waals surface area (Å²) in [4.78, 5) is 0. The lowest BCUT2D eigenvalue weighted by Gasteiger charge is -2.50. The van der Waals surface area contributed by atoms with Crippen molar-refractivity contribution in [3.63, 3.8) is 0 Å². The zero-order valence-corrected chi connectivity index (χ0v) is 48.3. The van der Waals surface area contributed by atoms with Crippen molar-refractivity contribution in [3.05, 3.63) is 0 Å². The predicted octanol–water partition coefficient (Wildman–Crippen LogP) is -18.0. The maximum absolute atomic E-state index is 11.9. The summed E-state index contributed by atoms with van der Waals surface area (Å²) < 4.78 is 86.4. The van der Waals surface area contributed by atoms with Gasteiger partial charge < -0.3 is 204 Å². The molecule has 0 unspecified atom stereocenters. The summed E-state index contributed by atoms with van der Waals surface area (Å²) >= 11 is 5.36. The maximum Gasteiger partial charge on any atom is 0.187 e. The van der Waals surface area contributed by atoms with Crippen LogP contribution in [0.1, 0.15) is 0 Å². The van der Waals surface area contributed by atoms with Gasteiger partial charge in [-0.3, -0.25) is 0 Å². The van der Waals surface area contributed by atoms with Gasteiger partial charge >= 0.3 is 0 Å². The molecule has 91 heavy (non-hydrogen) atoms. The number of thiocarbonyl (C=S) groups is 1. The van der Waals surface area contributed by atoms with E-state index in [2.05, 4.69) is 10.6 Å². The molecule has 22 heterocycles. The highest BCUT2D eigenvalue weighted by atomic mass is 32.1. The summed E-state index contributed by atoms with van der Waals surface area (Å²) in [6, 6.07) is 0. The number of hydrogen-bond donors (Lipinski definition) is 26. The van der Waals surface area contributed by atoms with Gasteiger partial charge in [-0.25, -0.2) is 0 Å². The van der Waals surface area contributed by atoms with E-state index in [1.807, 2.05) is 0 Å². The SMILES string of the molecule is OC[C@H]1O[C@@H](NC(=S)NC[C@H]2O[C@@H]3O[C@H]4[C@H](O)[C@@H](O)[C@@H](O[C@H]5[C@H](O)[C@@H](O)[C@@H](O[C@H]6[C@H](O)[C@@H](O)[C@@H](O[C@H]7[C@H](O)[C@@H](O)[C@@H](O[C@H]8[C@H](O)[C@@H](O)[C@@H](O[C@H]9[C@H](O)[C@@H](O)[C@@H](O[C@H]2[C@H](O)[C@H]3O)O[C@@H]9CO)O[C@@H]8CO)O[C@@H]7CO)O[C@@H]6CO)O[C@@H]5CO)O[C@@H]4CO)[C@H](O)[C@@H](O)[C@@H]1O. The minimum Gasteiger partial charge on any atom is -0.394 e. The third kappa shape index (κ3) is 14.9. The number of rotatable bonds is 10. The molecule has 0 aliphatic carbocycles. The Kier molecular flexibility index (Phi) is 25.3. The normalized spacial score (nSPS) is 53.7. The Balaban J connectivity index is 1.01. The molecule has 0 spiro atoms. The largest absolute Gasteiger partial charge is 0.394 e. The summed E-state index contributed by atoms with van der Waals surface area (Å²) in [7, 11) is 0. The fourth-order valence-electron chi connectivity index (χ4n) is 12.0. The molecule has 41 nitrogen and oxygen atoms in total. The molecule has 22 saturated heterocycles. The van der Waals surface area contributed by atoms with Gasteiger partial charge in [-0.1, -0.05) is 0 Å². The molecule has 0 aromatic carbocycles. The highest BCUT2D eigenvalue weighted by Gasteiger charge is 2.60. The lowest BCUT2D eigenvalue weighted by molar-refractivity contribution is -0.396. The van der Waals surface area contributed by atoms with E-state index in [1.54, 1.807) is 0 Å². The number of nitrogens with one attached hydrogen (secondary N) is 2. The van der Waals surface area contributed by atoms with Gasteiger partial charge in [0.15, 0.2) is 55.4 Å². The zero-order valence-electron chi connectivity index (χ0n) is 47.5. The highest BCUT2D eigenvalue weighted by Crippen LogP contribution is 2.39. The maximum atomic E-state index is 11.9. The van der Waals surface area contributed by atoms with Crippen LogP contribution in [0.3, 0.4) is 0 Å². The van der Waals surface area contributed by atoms with Gasteiger partial charge in [-0.15, -0.1) is 0 Å². The standard InChI is InChI=1S/C49H82N2O39S/c52-2-10-17(59)18(60)26(68)41(76-10)51-49(91)50-1-9-34-19(61)27(69)42(77-9)85-35-11(3-53)79-44(29(71)21(35)63)87-37-13(5-55)81-46(31(73)23(37)65)89-39-15(7-57)83-48(33(75)25(39)67)90-40-16(8-58)82-47(32(74)24(40)66)88-38-14(6-56)80-45(30(72)22(38)64)86-36-12(4-54)78-43(84-34)28(70)20(36)62/h9-48,52-75H,1-8H2,(H2,50,51,91)/t9-,10-,11-,12-,13-,14-,15-,16-,17-,18+,19-,20-,21-,22-,23-,24-,25-,26-,27-,28-,29-,30-,31-,32-,33-,34-,35-,36-,37-,38-,39-,40-,41-,42-,43-,44-,45-,46-,47-,48-/m1/s1. The fraction of sp³-hybridized carbons (Fsp3) is 0.980. The second-order valence-corrected chi connectivity index (χ2v) is 23.5. The first kappa shape index (κ1) is 73.4. The van der Waals surface area contributed by atoms with E-state index >= 15 is 0 Å². The first-order chi connectivity index (χ1) is 43.2. The van der Waals surface area contributed by atoms with Crippen LogP contribution in [0.15, 0.2) is 0 Å². The Morgan fingerprint density at radius 1 is 0.231 bits per heavy atom. The van der Waals surface area contributed by atoms with Crippen molar-refractivity contribution in [2.75, 3.05) is 52.8 Å². The van der Waals surface area contributed by atoms with Gasteiger partial charge in [-0.05, 0) is 12.2 Å². The van der Waals surface area contributed by atoms with Gasteiger partial charge in [0.2, 0.25) is 0 Å². The summed E-state index contributed by atoms with van der Waals surface area (Å²) in [5, 5.41) is 270. The number of aliphatic hydroxyl groups is 24. The van der Waals surface area contributed by atoms with Crippen LogP contribution in [-0.4, -0.2) is 426 Å². The molecule has 528 valence electrons. The summed E-state index contributed by atoms with van der Waals surface area (Å²) in [6.45, 7) is -8.09. The summed E-state index contributed by atoms with van der Waals surface area (Å²) in [5.41, 5.74) is 0. The van der Waals surface area contributed by atoms with Crippen molar-refractivity contribution in [2.24, 2.45) is 0 Å². The summed E-state index contributed by atoms with van der Waals surface area (Å²) in [6.07, 6.45) is -81.1. The molecule has 0 aromatic rings. The molecule has 42 heteroatoms.